The lowest BCUT2D eigenvalue weighted by Gasteiger charge is -2.15. The molecule has 0 saturated heterocycles. The standard InChI is InChI=1S/C16H22N2OS/c1-11(2)19-15-7-5-14(6-8-15)12(3)17-9-16-10-18-13(4)20-16/h5-8,10-12,17H,9H2,1-4H3. The average Bonchev–Trinajstić information content (AvgIpc) is 2.82. The Morgan fingerprint density at radius 2 is 1.90 bits per heavy atom. The van der Waals surface area contributed by atoms with Gasteiger partial charge in [-0.05, 0) is 45.4 Å². The van der Waals surface area contributed by atoms with E-state index < -0.39 is 0 Å². The third-order valence-corrected chi connectivity index (χ3v) is 3.92. The highest BCUT2D eigenvalue weighted by molar-refractivity contribution is 7.11. The maximum absolute atomic E-state index is 5.65. The van der Waals surface area contributed by atoms with Gasteiger partial charge in [-0.2, -0.15) is 0 Å². The van der Waals surface area contributed by atoms with Crippen molar-refractivity contribution in [3.05, 3.63) is 45.9 Å². The Kier molecular flexibility index (Phi) is 5.15. The Morgan fingerprint density at radius 3 is 2.45 bits per heavy atom. The van der Waals surface area contributed by atoms with Gasteiger partial charge < -0.3 is 10.1 Å². The van der Waals surface area contributed by atoms with E-state index in [1.54, 1.807) is 11.3 Å². The van der Waals surface area contributed by atoms with E-state index >= 15 is 0 Å². The molecule has 108 valence electrons. The summed E-state index contributed by atoms with van der Waals surface area (Å²) in [5.41, 5.74) is 1.27. The fraction of sp³-hybridized carbons (Fsp3) is 0.438. The lowest BCUT2D eigenvalue weighted by atomic mass is 10.1. The lowest BCUT2D eigenvalue weighted by molar-refractivity contribution is 0.242. The first kappa shape index (κ1) is 15.0. The van der Waals surface area contributed by atoms with Gasteiger partial charge in [0, 0.05) is 23.7 Å². The molecule has 0 aliphatic heterocycles. The maximum atomic E-state index is 5.65. The molecule has 20 heavy (non-hydrogen) atoms. The summed E-state index contributed by atoms with van der Waals surface area (Å²) in [6.45, 7) is 9.14. The molecule has 0 saturated carbocycles. The van der Waals surface area contributed by atoms with Gasteiger partial charge in [-0.25, -0.2) is 4.98 Å². The largest absolute Gasteiger partial charge is 0.491 e. The Balaban J connectivity index is 1.90. The quantitative estimate of drug-likeness (QED) is 0.870. The van der Waals surface area contributed by atoms with Crippen molar-refractivity contribution in [2.45, 2.75) is 46.4 Å². The number of hydrogen-bond acceptors (Lipinski definition) is 4. The maximum Gasteiger partial charge on any atom is 0.119 e. The van der Waals surface area contributed by atoms with Crippen molar-refractivity contribution in [3.63, 3.8) is 0 Å². The van der Waals surface area contributed by atoms with Crippen LogP contribution in [0.1, 0.15) is 42.3 Å². The highest BCUT2D eigenvalue weighted by Gasteiger charge is 2.06. The van der Waals surface area contributed by atoms with Crippen molar-refractivity contribution in [3.8, 4) is 5.75 Å². The molecule has 0 spiro atoms. The van der Waals surface area contributed by atoms with Gasteiger partial charge in [-0.1, -0.05) is 12.1 Å². The number of thiazole rings is 1. The van der Waals surface area contributed by atoms with E-state index in [0.717, 1.165) is 17.3 Å². The highest BCUT2D eigenvalue weighted by Crippen LogP contribution is 2.19. The normalized spacial score (nSPS) is 12.7. The monoisotopic (exact) mass is 290 g/mol. The van der Waals surface area contributed by atoms with E-state index in [0.29, 0.717) is 6.04 Å². The van der Waals surface area contributed by atoms with Crippen molar-refractivity contribution in [2.75, 3.05) is 0 Å². The number of aryl methyl sites for hydroxylation is 1. The fourth-order valence-electron chi connectivity index (χ4n) is 1.97. The zero-order chi connectivity index (χ0) is 14.5. The van der Waals surface area contributed by atoms with Crippen molar-refractivity contribution in [1.82, 2.24) is 10.3 Å². The van der Waals surface area contributed by atoms with E-state index in [4.69, 9.17) is 4.74 Å². The number of ether oxygens (including phenoxy) is 1. The molecule has 1 aromatic carbocycles. The second-order valence-corrected chi connectivity index (χ2v) is 6.50. The van der Waals surface area contributed by atoms with Crippen molar-refractivity contribution < 1.29 is 4.74 Å². The zero-order valence-electron chi connectivity index (χ0n) is 12.5. The van der Waals surface area contributed by atoms with Gasteiger partial charge in [0.15, 0.2) is 0 Å². The molecule has 0 radical (unpaired) electrons. The summed E-state index contributed by atoms with van der Waals surface area (Å²) in [5.74, 6) is 0.925. The number of benzene rings is 1. The smallest absolute Gasteiger partial charge is 0.119 e. The summed E-state index contributed by atoms with van der Waals surface area (Å²) >= 11 is 1.74. The number of hydrogen-bond donors (Lipinski definition) is 1. The average molecular weight is 290 g/mol. The predicted molar refractivity (Wildman–Crippen MR) is 84.3 cm³/mol. The molecule has 1 atom stereocenters. The van der Waals surface area contributed by atoms with Crippen molar-refractivity contribution in [1.29, 1.82) is 0 Å². The summed E-state index contributed by atoms with van der Waals surface area (Å²) in [5, 5.41) is 4.63. The third-order valence-electron chi connectivity index (χ3n) is 3.00. The number of nitrogens with one attached hydrogen (secondary N) is 1. The van der Waals surface area contributed by atoms with Gasteiger partial charge in [-0.15, -0.1) is 11.3 Å². The van der Waals surface area contributed by atoms with Gasteiger partial charge in [0.25, 0.3) is 0 Å². The SMILES string of the molecule is Cc1ncc(CNC(C)c2ccc(OC(C)C)cc2)s1. The topological polar surface area (TPSA) is 34.2 Å². The molecule has 4 heteroatoms. The number of rotatable bonds is 6. The summed E-state index contributed by atoms with van der Waals surface area (Å²) < 4.78 is 5.65. The summed E-state index contributed by atoms with van der Waals surface area (Å²) in [6, 6.07) is 8.61. The van der Waals surface area contributed by atoms with Gasteiger partial charge in [0.1, 0.15) is 5.75 Å². The molecule has 0 bridgehead atoms. The van der Waals surface area contributed by atoms with E-state index in [1.807, 2.05) is 39.1 Å². The second-order valence-electron chi connectivity index (χ2n) is 5.18. The van der Waals surface area contributed by atoms with Crippen molar-refractivity contribution in [2.24, 2.45) is 0 Å². The van der Waals surface area contributed by atoms with Crippen LogP contribution < -0.4 is 10.1 Å². The molecular weight excluding hydrogens is 268 g/mol. The van der Waals surface area contributed by atoms with Crippen LogP contribution in [0.5, 0.6) is 5.75 Å². The zero-order valence-corrected chi connectivity index (χ0v) is 13.3. The number of nitrogens with zero attached hydrogens (tertiary/aromatic N) is 1. The van der Waals surface area contributed by atoms with Crippen LogP contribution in [0, 0.1) is 6.92 Å². The summed E-state index contributed by atoms with van der Waals surface area (Å²) in [4.78, 5) is 5.54. The molecule has 2 aromatic rings. The molecule has 2 rings (SSSR count). The predicted octanol–water partition coefficient (Wildman–Crippen LogP) is 4.09. The molecule has 1 aromatic heterocycles. The third kappa shape index (κ3) is 4.32. The Bertz CT molecular complexity index is 534. The fourth-order valence-corrected chi connectivity index (χ4v) is 2.71. The van der Waals surface area contributed by atoms with E-state index in [-0.39, 0.29) is 6.10 Å². The summed E-state index contributed by atoms with van der Waals surface area (Å²) in [6.07, 6.45) is 2.16. The van der Waals surface area contributed by atoms with Gasteiger partial charge in [-0.3, -0.25) is 0 Å². The minimum atomic E-state index is 0.214. The minimum Gasteiger partial charge on any atom is -0.491 e. The van der Waals surface area contributed by atoms with Crippen LogP contribution in [-0.4, -0.2) is 11.1 Å². The van der Waals surface area contributed by atoms with Crippen LogP contribution in [-0.2, 0) is 6.54 Å². The Morgan fingerprint density at radius 1 is 1.20 bits per heavy atom. The van der Waals surface area contributed by atoms with E-state index in [1.165, 1.54) is 10.4 Å². The highest BCUT2D eigenvalue weighted by atomic mass is 32.1. The van der Waals surface area contributed by atoms with Crippen LogP contribution in [0.25, 0.3) is 0 Å². The van der Waals surface area contributed by atoms with E-state index in [2.05, 4.69) is 29.4 Å². The second kappa shape index (κ2) is 6.86. The molecule has 0 aliphatic carbocycles. The van der Waals surface area contributed by atoms with Gasteiger partial charge in [0.2, 0.25) is 0 Å². The van der Waals surface area contributed by atoms with Crippen LogP contribution in [0.2, 0.25) is 0 Å². The molecule has 0 aliphatic rings. The number of aromatic nitrogens is 1. The molecule has 0 amide bonds. The molecule has 1 unspecified atom stereocenters. The molecule has 3 nitrogen and oxygen atoms in total. The van der Waals surface area contributed by atoms with Crippen molar-refractivity contribution >= 4 is 11.3 Å². The minimum absolute atomic E-state index is 0.214. The van der Waals surface area contributed by atoms with Crippen LogP contribution in [0.15, 0.2) is 30.5 Å². The van der Waals surface area contributed by atoms with Crippen LogP contribution in [0.4, 0.5) is 0 Å². The first-order valence-electron chi connectivity index (χ1n) is 6.96. The van der Waals surface area contributed by atoms with Gasteiger partial charge >= 0.3 is 0 Å². The molecule has 1 heterocycles. The Hall–Kier alpha value is -1.39. The van der Waals surface area contributed by atoms with Crippen LogP contribution in [0.3, 0.4) is 0 Å². The van der Waals surface area contributed by atoms with Crippen LogP contribution >= 0.6 is 11.3 Å². The first-order valence-corrected chi connectivity index (χ1v) is 7.77. The Labute approximate surface area is 125 Å². The summed E-state index contributed by atoms with van der Waals surface area (Å²) in [7, 11) is 0. The molecule has 0 fully saturated rings. The van der Waals surface area contributed by atoms with Gasteiger partial charge in [0.05, 0.1) is 11.1 Å². The first-order chi connectivity index (χ1) is 9.54. The molecular formula is C16H22N2OS. The lowest BCUT2D eigenvalue weighted by Crippen LogP contribution is -2.17. The molecule has 1 N–H and O–H groups in total. The van der Waals surface area contributed by atoms with E-state index in [9.17, 15) is 0 Å².